The zero-order valence-corrected chi connectivity index (χ0v) is 13.3. The summed E-state index contributed by atoms with van der Waals surface area (Å²) in [5.41, 5.74) is 2.44. The van der Waals surface area contributed by atoms with E-state index in [1.807, 2.05) is 24.3 Å². The lowest BCUT2D eigenvalue weighted by molar-refractivity contribution is -0.114. The molecule has 5 heteroatoms. The van der Waals surface area contributed by atoms with Crippen molar-refractivity contribution < 1.29 is 14.3 Å². The summed E-state index contributed by atoms with van der Waals surface area (Å²) in [6.45, 7) is 0. The van der Waals surface area contributed by atoms with E-state index in [2.05, 4.69) is 21.2 Å². The van der Waals surface area contributed by atoms with Gasteiger partial charge in [0, 0.05) is 11.1 Å². The maximum atomic E-state index is 12.1. The Labute approximate surface area is 135 Å². The molecule has 22 heavy (non-hydrogen) atoms. The fraction of sp³-hybridized carbons (Fsp3) is 0.0588. The molecule has 1 aliphatic heterocycles. The van der Waals surface area contributed by atoms with E-state index in [1.54, 1.807) is 31.4 Å². The Balaban J connectivity index is 2.10. The topological polar surface area (TPSA) is 55.4 Å². The number of carbonyl (C=O) groups is 2. The second-order valence-corrected chi connectivity index (χ2v) is 5.64. The van der Waals surface area contributed by atoms with Gasteiger partial charge in [-0.25, -0.2) is 0 Å². The number of benzene rings is 2. The minimum Gasteiger partial charge on any atom is -0.496 e. The van der Waals surface area contributed by atoms with Gasteiger partial charge in [-0.15, -0.1) is 0 Å². The van der Waals surface area contributed by atoms with Crippen LogP contribution in [0.4, 0.5) is 0 Å². The second-order valence-electron chi connectivity index (χ2n) is 4.78. The molecule has 0 bridgehead atoms. The third-order valence-corrected chi connectivity index (χ3v) is 4.04. The average molecular weight is 358 g/mol. The lowest BCUT2D eigenvalue weighted by Crippen LogP contribution is -2.36. The van der Waals surface area contributed by atoms with Gasteiger partial charge in [-0.1, -0.05) is 24.3 Å². The number of carbonyl (C=O) groups excluding carboxylic acids is 2. The summed E-state index contributed by atoms with van der Waals surface area (Å²) >= 11 is 3.42. The predicted molar refractivity (Wildman–Crippen MR) is 87.5 cm³/mol. The van der Waals surface area contributed by atoms with E-state index in [0.717, 1.165) is 10.0 Å². The van der Waals surface area contributed by atoms with Gasteiger partial charge >= 0.3 is 0 Å². The molecule has 0 spiro atoms. The number of imide groups is 1. The molecule has 0 saturated heterocycles. The molecule has 2 amide bonds. The van der Waals surface area contributed by atoms with Crippen LogP contribution in [0.15, 0.2) is 46.9 Å². The summed E-state index contributed by atoms with van der Waals surface area (Å²) in [7, 11) is 1.59. The molecule has 4 nitrogen and oxygen atoms in total. The van der Waals surface area contributed by atoms with E-state index in [9.17, 15) is 9.59 Å². The average Bonchev–Trinajstić information content (AvgIpc) is 2.51. The number of halogens is 1. The van der Waals surface area contributed by atoms with Crippen LogP contribution in [0.5, 0.6) is 5.75 Å². The number of amides is 2. The summed E-state index contributed by atoms with van der Waals surface area (Å²) in [6, 6.07) is 12.6. The summed E-state index contributed by atoms with van der Waals surface area (Å²) < 4.78 is 5.99. The first-order chi connectivity index (χ1) is 10.6. The molecule has 0 saturated carbocycles. The smallest absolute Gasteiger partial charge is 0.258 e. The first-order valence-corrected chi connectivity index (χ1v) is 7.40. The van der Waals surface area contributed by atoms with Crippen molar-refractivity contribution in [1.82, 2.24) is 5.32 Å². The van der Waals surface area contributed by atoms with E-state index in [1.165, 1.54) is 0 Å². The van der Waals surface area contributed by atoms with Gasteiger partial charge in [-0.3, -0.25) is 14.9 Å². The third-order valence-electron chi connectivity index (χ3n) is 3.42. The maximum Gasteiger partial charge on any atom is 0.258 e. The summed E-state index contributed by atoms with van der Waals surface area (Å²) in [5.74, 6) is -0.0462. The zero-order valence-electron chi connectivity index (χ0n) is 11.7. The molecular weight excluding hydrogens is 346 g/mol. The first-order valence-electron chi connectivity index (χ1n) is 6.60. The lowest BCUT2D eigenvalue weighted by atomic mass is 9.93. The van der Waals surface area contributed by atoms with Gasteiger partial charge in [0.25, 0.3) is 11.8 Å². The van der Waals surface area contributed by atoms with Crippen molar-refractivity contribution in [3.8, 4) is 5.75 Å². The summed E-state index contributed by atoms with van der Waals surface area (Å²) in [4.78, 5) is 24.0. The Kier molecular flexibility index (Phi) is 3.81. The third kappa shape index (κ3) is 2.55. The molecule has 2 aromatic carbocycles. The van der Waals surface area contributed by atoms with Crippen LogP contribution < -0.4 is 10.1 Å². The Bertz CT molecular complexity index is 811. The standard InChI is InChI=1S/C17H12BrNO3/c1-22-15-7-6-10(9-14(15)18)8-13-11-4-2-3-5-12(11)16(20)19-17(13)21/h2-9H,1H3,(H,19,20,21)/b13-8+. The van der Waals surface area contributed by atoms with Crippen LogP contribution in [0.2, 0.25) is 0 Å². The number of nitrogens with one attached hydrogen (secondary N) is 1. The molecule has 1 heterocycles. The van der Waals surface area contributed by atoms with Crippen molar-refractivity contribution in [2.75, 3.05) is 7.11 Å². The molecular formula is C17H12BrNO3. The van der Waals surface area contributed by atoms with Crippen LogP contribution in [0, 0.1) is 0 Å². The van der Waals surface area contributed by atoms with Gasteiger partial charge in [0.05, 0.1) is 11.6 Å². The molecule has 0 aromatic heterocycles. The monoisotopic (exact) mass is 357 g/mol. The molecule has 3 rings (SSSR count). The highest BCUT2D eigenvalue weighted by atomic mass is 79.9. The van der Waals surface area contributed by atoms with Crippen molar-refractivity contribution >= 4 is 39.4 Å². The van der Waals surface area contributed by atoms with Gasteiger partial charge in [0.2, 0.25) is 0 Å². The molecule has 1 N–H and O–H groups in total. The molecule has 2 aromatic rings. The van der Waals surface area contributed by atoms with Crippen molar-refractivity contribution in [1.29, 1.82) is 0 Å². The van der Waals surface area contributed by atoms with Crippen LogP contribution in [0.1, 0.15) is 21.5 Å². The molecule has 0 radical (unpaired) electrons. The minimum atomic E-state index is -0.393. The van der Waals surface area contributed by atoms with Crippen LogP contribution in [-0.4, -0.2) is 18.9 Å². The van der Waals surface area contributed by atoms with Gasteiger partial charge in [0.15, 0.2) is 0 Å². The second kappa shape index (κ2) is 5.77. The Morgan fingerprint density at radius 3 is 2.45 bits per heavy atom. The molecule has 0 atom stereocenters. The van der Waals surface area contributed by atoms with Crippen molar-refractivity contribution in [2.45, 2.75) is 0 Å². The number of hydrogen-bond donors (Lipinski definition) is 1. The van der Waals surface area contributed by atoms with Gasteiger partial charge in [-0.2, -0.15) is 0 Å². The van der Waals surface area contributed by atoms with E-state index < -0.39 is 5.91 Å². The highest BCUT2D eigenvalue weighted by Crippen LogP contribution is 2.29. The van der Waals surface area contributed by atoms with Gasteiger partial charge in [-0.05, 0) is 51.3 Å². The number of hydrogen-bond acceptors (Lipinski definition) is 3. The van der Waals surface area contributed by atoms with Crippen molar-refractivity contribution in [2.24, 2.45) is 0 Å². The van der Waals surface area contributed by atoms with Crippen LogP contribution >= 0.6 is 15.9 Å². The molecule has 0 aliphatic carbocycles. The number of rotatable bonds is 2. The maximum absolute atomic E-state index is 12.1. The Morgan fingerprint density at radius 1 is 1.05 bits per heavy atom. The molecule has 110 valence electrons. The number of ether oxygens (including phenoxy) is 1. The van der Waals surface area contributed by atoms with E-state index in [0.29, 0.717) is 22.4 Å². The van der Waals surface area contributed by atoms with Crippen LogP contribution in [0.3, 0.4) is 0 Å². The fourth-order valence-corrected chi connectivity index (χ4v) is 2.92. The van der Waals surface area contributed by atoms with Crippen molar-refractivity contribution in [3.05, 3.63) is 63.6 Å². The van der Waals surface area contributed by atoms with Gasteiger partial charge in [0.1, 0.15) is 5.75 Å². The lowest BCUT2D eigenvalue weighted by Gasteiger charge is -2.18. The largest absolute Gasteiger partial charge is 0.496 e. The zero-order chi connectivity index (χ0) is 15.7. The molecule has 0 fully saturated rings. The predicted octanol–water partition coefficient (Wildman–Crippen LogP) is 3.27. The van der Waals surface area contributed by atoms with Crippen LogP contribution in [0.25, 0.3) is 11.6 Å². The quantitative estimate of drug-likeness (QED) is 0.662. The summed E-state index contributed by atoms with van der Waals surface area (Å²) in [5, 5.41) is 2.36. The number of fused-ring (bicyclic) bond motifs is 1. The normalized spacial score (nSPS) is 15.5. The van der Waals surface area contributed by atoms with E-state index >= 15 is 0 Å². The van der Waals surface area contributed by atoms with Gasteiger partial charge < -0.3 is 4.74 Å². The van der Waals surface area contributed by atoms with Crippen molar-refractivity contribution in [3.63, 3.8) is 0 Å². The Hall–Kier alpha value is -2.40. The fourth-order valence-electron chi connectivity index (χ4n) is 2.36. The highest BCUT2D eigenvalue weighted by molar-refractivity contribution is 9.10. The SMILES string of the molecule is COc1ccc(/C=C2/C(=O)NC(=O)c3ccccc32)cc1Br. The molecule has 0 unspecified atom stereocenters. The minimum absolute atomic E-state index is 0.367. The first kappa shape index (κ1) is 14.5. The number of methoxy groups -OCH3 is 1. The van der Waals surface area contributed by atoms with E-state index in [4.69, 9.17) is 4.74 Å². The summed E-state index contributed by atoms with van der Waals surface area (Å²) in [6.07, 6.45) is 1.75. The van der Waals surface area contributed by atoms with E-state index in [-0.39, 0.29) is 5.91 Å². The Morgan fingerprint density at radius 2 is 1.77 bits per heavy atom. The highest BCUT2D eigenvalue weighted by Gasteiger charge is 2.26. The van der Waals surface area contributed by atoms with Crippen LogP contribution in [-0.2, 0) is 4.79 Å². The molecule has 1 aliphatic rings.